The number of carbonyl (C=O) groups is 1. The van der Waals surface area contributed by atoms with Crippen molar-refractivity contribution in [1.82, 2.24) is 5.32 Å². The molecule has 0 aliphatic carbocycles. The van der Waals surface area contributed by atoms with Gasteiger partial charge < -0.3 is 10.1 Å². The first kappa shape index (κ1) is 22.3. The zero-order chi connectivity index (χ0) is 21.6. The van der Waals surface area contributed by atoms with Crippen LogP contribution >= 0.6 is 0 Å². The Labute approximate surface area is 179 Å². The van der Waals surface area contributed by atoms with Gasteiger partial charge in [-0.3, -0.25) is 9.10 Å². The van der Waals surface area contributed by atoms with Crippen molar-refractivity contribution in [2.75, 3.05) is 24.5 Å². The molecule has 0 fully saturated rings. The Morgan fingerprint density at radius 3 is 2.43 bits per heavy atom. The fourth-order valence-corrected chi connectivity index (χ4v) is 5.32. The Balaban J connectivity index is 1.69. The Kier molecular flexibility index (Phi) is 7.50. The molecule has 1 atom stereocenters. The maximum absolute atomic E-state index is 13.1. The summed E-state index contributed by atoms with van der Waals surface area (Å²) in [6, 6.07) is 14.7. The minimum Gasteiger partial charge on any atom is -0.466 e. The van der Waals surface area contributed by atoms with E-state index in [1.165, 1.54) is 4.31 Å². The quantitative estimate of drug-likeness (QED) is 0.480. The Morgan fingerprint density at radius 1 is 1.00 bits per heavy atom. The summed E-state index contributed by atoms with van der Waals surface area (Å²) in [6.07, 6.45) is 4.22. The summed E-state index contributed by atoms with van der Waals surface area (Å²) in [5.41, 5.74) is 2.42. The number of sulfonamides is 1. The lowest BCUT2D eigenvalue weighted by Crippen LogP contribution is -2.26. The monoisotopic (exact) mass is 430 g/mol. The highest BCUT2D eigenvalue weighted by molar-refractivity contribution is 7.92. The molecule has 0 bridgehead atoms. The number of unbranched alkanes of at least 4 members (excludes halogenated alkanes) is 3. The van der Waals surface area contributed by atoms with Crippen LogP contribution in [0, 0.1) is 0 Å². The Hall–Kier alpha value is -2.38. The van der Waals surface area contributed by atoms with Crippen LogP contribution in [0.15, 0.2) is 53.4 Å². The number of carbonyl (C=O) groups excluding carboxylic acids is 1. The molecule has 1 aliphatic rings. The number of esters is 1. The third-order valence-electron chi connectivity index (χ3n) is 5.42. The number of fused-ring (bicyclic) bond motifs is 2. The van der Waals surface area contributed by atoms with E-state index < -0.39 is 10.0 Å². The predicted octanol–water partition coefficient (Wildman–Crippen LogP) is 4.02. The van der Waals surface area contributed by atoms with Gasteiger partial charge >= 0.3 is 5.97 Å². The second kappa shape index (κ2) is 10.1. The average molecular weight is 431 g/mol. The molecule has 162 valence electrons. The highest BCUT2D eigenvalue weighted by Gasteiger charge is 2.34. The first-order chi connectivity index (χ1) is 14.5. The molecule has 3 rings (SSSR count). The summed E-state index contributed by atoms with van der Waals surface area (Å²) in [6.45, 7) is 3.00. The molecule has 7 heteroatoms. The predicted molar refractivity (Wildman–Crippen MR) is 118 cm³/mol. The number of hydrogen-bond donors (Lipinski definition) is 1. The maximum atomic E-state index is 13.1. The van der Waals surface area contributed by atoms with E-state index in [1.807, 2.05) is 43.3 Å². The standard InChI is InChI=1S/C23H30N2O4S/c1-3-29-22(26)16-6-4-5-11-17-24-23-18-12-7-9-14-20(18)25(2)30(27,28)21-15-10-8-13-19(21)23/h7-10,12-15,23-24H,3-6,11,16-17H2,1-2H3. The topological polar surface area (TPSA) is 75.7 Å². The molecule has 1 N–H and O–H groups in total. The molecule has 6 nitrogen and oxygen atoms in total. The van der Waals surface area contributed by atoms with Crippen LogP contribution in [0.1, 0.15) is 56.2 Å². The Bertz CT molecular complexity index is 975. The lowest BCUT2D eigenvalue weighted by atomic mass is 9.96. The second-order valence-corrected chi connectivity index (χ2v) is 9.36. The van der Waals surface area contributed by atoms with Crippen LogP contribution in [0.4, 0.5) is 5.69 Å². The molecule has 1 unspecified atom stereocenters. The zero-order valence-electron chi connectivity index (χ0n) is 17.6. The number of hydrogen-bond acceptors (Lipinski definition) is 5. The SMILES string of the molecule is CCOC(=O)CCCCCCNC1c2ccccc2N(C)S(=O)(=O)c2ccccc21. The van der Waals surface area contributed by atoms with Crippen LogP contribution < -0.4 is 9.62 Å². The van der Waals surface area contributed by atoms with Gasteiger partial charge in [-0.25, -0.2) is 8.42 Å². The molecule has 0 radical (unpaired) electrons. The van der Waals surface area contributed by atoms with Crippen molar-refractivity contribution in [3.8, 4) is 0 Å². The fraction of sp³-hybridized carbons (Fsp3) is 0.435. The van der Waals surface area contributed by atoms with Crippen molar-refractivity contribution < 1.29 is 17.9 Å². The average Bonchev–Trinajstić information content (AvgIpc) is 2.81. The van der Waals surface area contributed by atoms with Crippen LogP contribution in [0.25, 0.3) is 0 Å². The minimum atomic E-state index is -3.61. The normalized spacial score (nSPS) is 17.0. The maximum Gasteiger partial charge on any atom is 0.305 e. The summed E-state index contributed by atoms with van der Waals surface area (Å²) in [4.78, 5) is 11.7. The smallest absolute Gasteiger partial charge is 0.305 e. The first-order valence-electron chi connectivity index (χ1n) is 10.5. The van der Waals surface area contributed by atoms with Crippen molar-refractivity contribution in [3.05, 3.63) is 59.7 Å². The van der Waals surface area contributed by atoms with E-state index in [0.717, 1.165) is 43.4 Å². The summed E-state index contributed by atoms with van der Waals surface area (Å²) in [7, 11) is -2.00. The van der Waals surface area contributed by atoms with E-state index in [0.29, 0.717) is 23.6 Å². The number of ether oxygens (including phenoxy) is 1. The summed E-state index contributed by atoms with van der Waals surface area (Å²) in [5.74, 6) is -0.132. The third-order valence-corrected chi connectivity index (χ3v) is 7.26. The van der Waals surface area contributed by atoms with Gasteiger partial charge in [-0.15, -0.1) is 0 Å². The Morgan fingerprint density at radius 2 is 1.67 bits per heavy atom. The van der Waals surface area contributed by atoms with E-state index in [9.17, 15) is 13.2 Å². The molecule has 0 saturated heterocycles. The molecule has 0 saturated carbocycles. The van der Waals surface area contributed by atoms with Crippen molar-refractivity contribution in [1.29, 1.82) is 0 Å². The molecule has 0 aromatic heterocycles. The molecule has 0 amide bonds. The van der Waals surface area contributed by atoms with Gasteiger partial charge in [0.2, 0.25) is 0 Å². The van der Waals surface area contributed by atoms with E-state index >= 15 is 0 Å². The van der Waals surface area contributed by atoms with Crippen LogP contribution in [0.3, 0.4) is 0 Å². The molecule has 0 spiro atoms. The largest absolute Gasteiger partial charge is 0.466 e. The highest BCUT2D eigenvalue weighted by atomic mass is 32.2. The lowest BCUT2D eigenvalue weighted by molar-refractivity contribution is -0.143. The first-order valence-corrected chi connectivity index (χ1v) is 12.0. The van der Waals surface area contributed by atoms with Gasteiger partial charge in [-0.1, -0.05) is 49.2 Å². The molecule has 2 aromatic rings. The second-order valence-electron chi connectivity index (χ2n) is 7.43. The number of rotatable bonds is 9. The van der Waals surface area contributed by atoms with Crippen LogP contribution in [0.5, 0.6) is 0 Å². The van der Waals surface area contributed by atoms with Crippen molar-refractivity contribution in [3.63, 3.8) is 0 Å². The van der Waals surface area contributed by atoms with E-state index in [1.54, 1.807) is 19.2 Å². The minimum absolute atomic E-state index is 0.132. The highest BCUT2D eigenvalue weighted by Crippen LogP contribution is 2.39. The van der Waals surface area contributed by atoms with Gasteiger partial charge in [0, 0.05) is 13.5 Å². The van der Waals surface area contributed by atoms with Gasteiger partial charge in [0.15, 0.2) is 0 Å². The molecule has 1 aliphatic heterocycles. The number of nitrogens with zero attached hydrogens (tertiary/aromatic N) is 1. The van der Waals surface area contributed by atoms with Gasteiger partial charge in [-0.05, 0) is 49.6 Å². The van der Waals surface area contributed by atoms with Crippen LogP contribution in [0.2, 0.25) is 0 Å². The van der Waals surface area contributed by atoms with Crippen LogP contribution in [-0.4, -0.2) is 34.6 Å². The number of nitrogens with one attached hydrogen (secondary N) is 1. The van der Waals surface area contributed by atoms with Crippen LogP contribution in [-0.2, 0) is 19.6 Å². The van der Waals surface area contributed by atoms with Crippen molar-refractivity contribution >= 4 is 21.7 Å². The summed E-state index contributed by atoms with van der Waals surface area (Å²) >= 11 is 0. The molecular weight excluding hydrogens is 400 g/mol. The number of anilines is 1. The molecule has 30 heavy (non-hydrogen) atoms. The molecule has 1 heterocycles. The third kappa shape index (κ3) is 4.84. The van der Waals surface area contributed by atoms with E-state index in [4.69, 9.17) is 4.74 Å². The summed E-state index contributed by atoms with van der Waals surface area (Å²) < 4.78 is 32.6. The van der Waals surface area contributed by atoms with E-state index in [-0.39, 0.29) is 12.0 Å². The van der Waals surface area contributed by atoms with Crippen molar-refractivity contribution in [2.45, 2.75) is 50.0 Å². The van der Waals surface area contributed by atoms with Crippen molar-refractivity contribution in [2.24, 2.45) is 0 Å². The fourth-order valence-electron chi connectivity index (χ4n) is 3.86. The number of benzene rings is 2. The number of para-hydroxylation sites is 1. The lowest BCUT2D eigenvalue weighted by Gasteiger charge is -2.22. The molecule has 2 aromatic carbocycles. The van der Waals surface area contributed by atoms with Gasteiger partial charge in [0.05, 0.1) is 23.2 Å². The van der Waals surface area contributed by atoms with Gasteiger partial charge in [0.1, 0.15) is 0 Å². The molecular formula is C23H30N2O4S. The van der Waals surface area contributed by atoms with E-state index in [2.05, 4.69) is 5.32 Å². The van der Waals surface area contributed by atoms with Gasteiger partial charge in [0.25, 0.3) is 10.0 Å². The van der Waals surface area contributed by atoms with Gasteiger partial charge in [-0.2, -0.15) is 0 Å². The summed E-state index contributed by atoms with van der Waals surface area (Å²) in [5, 5.41) is 3.57. The zero-order valence-corrected chi connectivity index (χ0v) is 18.5.